The average Bonchev–Trinajstić information content (AvgIpc) is 3.18. The fraction of sp³-hybridized carbons (Fsp3) is 0.292. The maximum absolute atomic E-state index is 12.6. The molecular formula is C24H26ClN5O3. The summed E-state index contributed by atoms with van der Waals surface area (Å²) in [6.45, 7) is 5.38. The van der Waals surface area contributed by atoms with Gasteiger partial charge in [-0.1, -0.05) is 49.2 Å². The van der Waals surface area contributed by atoms with Crippen molar-refractivity contribution in [3.8, 4) is 11.5 Å². The van der Waals surface area contributed by atoms with E-state index in [9.17, 15) is 9.59 Å². The summed E-state index contributed by atoms with van der Waals surface area (Å²) >= 11 is 6.24. The number of nitrogens with one attached hydrogen (secondary N) is 2. The number of aromatic amines is 1. The highest BCUT2D eigenvalue weighted by atomic mass is 35.5. The van der Waals surface area contributed by atoms with Gasteiger partial charge in [0.05, 0.1) is 17.3 Å². The summed E-state index contributed by atoms with van der Waals surface area (Å²) in [5, 5.41) is 3.87. The van der Waals surface area contributed by atoms with Gasteiger partial charge in [-0.3, -0.25) is 14.3 Å². The van der Waals surface area contributed by atoms with Crippen molar-refractivity contribution in [3.05, 3.63) is 80.2 Å². The average molecular weight is 468 g/mol. The van der Waals surface area contributed by atoms with Crippen molar-refractivity contribution in [1.82, 2.24) is 19.1 Å². The van der Waals surface area contributed by atoms with Crippen molar-refractivity contribution in [2.45, 2.75) is 46.3 Å². The zero-order valence-electron chi connectivity index (χ0n) is 18.6. The Balaban J connectivity index is 1.67. The Bertz CT molecular complexity index is 1390. The summed E-state index contributed by atoms with van der Waals surface area (Å²) < 4.78 is 9.40. The first-order valence-electron chi connectivity index (χ1n) is 11.0. The minimum atomic E-state index is -0.431. The molecule has 0 unspecified atom stereocenters. The first kappa shape index (κ1) is 22.7. The molecule has 8 nitrogen and oxygen atoms in total. The molecule has 172 valence electrons. The van der Waals surface area contributed by atoms with Crippen LogP contribution in [0.25, 0.3) is 11.2 Å². The van der Waals surface area contributed by atoms with Gasteiger partial charge in [-0.25, -0.2) is 9.78 Å². The third-order valence-corrected chi connectivity index (χ3v) is 5.71. The molecule has 2 aromatic carbocycles. The molecule has 0 fully saturated rings. The molecule has 0 radical (unpaired) electrons. The second-order valence-corrected chi connectivity index (χ2v) is 8.00. The number of fused-ring (bicyclic) bond motifs is 1. The van der Waals surface area contributed by atoms with Crippen molar-refractivity contribution < 1.29 is 4.74 Å². The molecule has 0 aliphatic carbocycles. The minimum Gasteiger partial charge on any atom is -0.454 e. The Morgan fingerprint density at radius 3 is 2.48 bits per heavy atom. The quantitative estimate of drug-likeness (QED) is 0.370. The van der Waals surface area contributed by atoms with Gasteiger partial charge in [0.15, 0.2) is 16.9 Å². The van der Waals surface area contributed by atoms with Crippen molar-refractivity contribution in [3.63, 3.8) is 0 Å². The topological polar surface area (TPSA) is 93.9 Å². The molecule has 4 rings (SSSR count). The molecular weight excluding hydrogens is 442 g/mol. The molecule has 0 amide bonds. The van der Waals surface area contributed by atoms with E-state index in [2.05, 4.69) is 22.2 Å². The molecule has 2 heterocycles. The number of aromatic nitrogens is 4. The maximum atomic E-state index is 12.6. The molecule has 0 aliphatic rings. The highest BCUT2D eigenvalue weighted by Gasteiger charge is 2.18. The summed E-state index contributed by atoms with van der Waals surface area (Å²) in [5.41, 5.74) is 0.719. The number of benzene rings is 2. The predicted molar refractivity (Wildman–Crippen MR) is 130 cm³/mol. The summed E-state index contributed by atoms with van der Waals surface area (Å²) in [5.74, 6) is 1.82. The van der Waals surface area contributed by atoms with E-state index in [0.717, 1.165) is 18.5 Å². The summed E-state index contributed by atoms with van der Waals surface area (Å²) in [6, 6.07) is 14.8. The molecule has 0 atom stereocenters. The van der Waals surface area contributed by atoms with Gasteiger partial charge in [-0.15, -0.1) is 0 Å². The molecule has 0 bridgehead atoms. The lowest BCUT2D eigenvalue weighted by atomic mass is 10.3. The second kappa shape index (κ2) is 9.95. The number of unbranched alkanes of at least 4 members (excludes halogenated alkanes) is 1. The third-order valence-electron chi connectivity index (χ3n) is 5.40. The van der Waals surface area contributed by atoms with E-state index in [-0.39, 0.29) is 0 Å². The number of hydrogen-bond acceptors (Lipinski definition) is 5. The van der Waals surface area contributed by atoms with Crippen LogP contribution in [0.3, 0.4) is 0 Å². The van der Waals surface area contributed by atoms with Crippen LogP contribution >= 0.6 is 11.6 Å². The lowest BCUT2D eigenvalue weighted by Crippen LogP contribution is -2.31. The third kappa shape index (κ3) is 4.66. The van der Waals surface area contributed by atoms with Gasteiger partial charge < -0.3 is 14.6 Å². The largest absolute Gasteiger partial charge is 0.454 e. The minimum absolute atomic E-state index is 0.340. The summed E-state index contributed by atoms with van der Waals surface area (Å²) in [4.78, 5) is 32.1. The van der Waals surface area contributed by atoms with Gasteiger partial charge in [0, 0.05) is 13.1 Å². The molecule has 2 aromatic heterocycles. The lowest BCUT2D eigenvalue weighted by Gasteiger charge is -2.14. The number of rotatable bonds is 9. The normalized spacial score (nSPS) is 11.1. The number of nitrogens with zero attached hydrogens (tertiary/aromatic N) is 3. The molecule has 0 spiro atoms. The first-order valence-corrected chi connectivity index (χ1v) is 11.4. The van der Waals surface area contributed by atoms with E-state index in [1.54, 1.807) is 16.7 Å². The molecule has 0 saturated carbocycles. The van der Waals surface area contributed by atoms with Crippen LogP contribution in [-0.2, 0) is 19.6 Å². The van der Waals surface area contributed by atoms with Crippen LogP contribution in [-0.4, -0.2) is 19.1 Å². The number of hydrogen-bond donors (Lipinski definition) is 2. The van der Waals surface area contributed by atoms with Crippen molar-refractivity contribution in [2.24, 2.45) is 0 Å². The fourth-order valence-corrected chi connectivity index (χ4v) is 3.91. The van der Waals surface area contributed by atoms with E-state index in [1.807, 2.05) is 47.9 Å². The second-order valence-electron chi connectivity index (χ2n) is 7.59. The van der Waals surface area contributed by atoms with E-state index < -0.39 is 11.2 Å². The summed E-state index contributed by atoms with van der Waals surface area (Å²) in [6.07, 6.45) is 1.75. The van der Waals surface area contributed by atoms with Crippen LogP contribution in [0.4, 0.5) is 5.69 Å². The van der Waals surface area contributed by atoms with Crippen LogP contribution in [0.5, 0.6) is 11.5 Å². The van der Waals surface area contributed by atoms with E-state index in [4.69, 9.17) is 16.3 Å². The fourth-order valence-electron chi connectivity index (χ4n) is 3.74. The maximum Gasteiger partial charge on any atom is 0.330 e. The first-order chi connectivity index (χ1) is 16.0. The molecule has 2 N–H and O–H groups in total. The van der Waals surface area contributed by atoms with Crippen LogP contribution in [0.2, 0.25) is 5.02 Å². The monoisotopic (exact) mass is 467 g/mol. The Morgan fingerprint density at radius 2 is 1.76 bits per heavy atom. The molecule has 4 aromatic rings. The van der Waals surface area contributed by atoms with E-state index in [0.29, 0.717) is 53.1 Å². The molecule has 9 heteroatoms. The number of para-hydroxylation sites is 3. The predicted octanol–water partition coefficient (Wildman–Crippen LogP) is 4.76. The van der Waals surface area contributed by atoms with Gasteiger partial charge in [0.1, 0.15) is 11.6 Å². The lowest BCUT2D eigenvalue weighted by molar-refractivity contribution is 0.484. The van der Waals surface area contributed by atoms with Crippen LogP contribution < -0.4 is 21.3 Å². The Kier molecular flexibility index (Phi) is 6.84. The standard InChI is InChI=1S/C24H26ClN5O3/c1-3-5-14-30-22-21(23(31)28-24(30)32)29(4-2)20(27-22)15-26-17-11-7-9-13-19(17)33-18-12-8-6-10-16(18)25/h6-13,26H,3-5,14-15H2,1-2H3,(H,28,31,32). The SMILES string of the molecule is CCCCn1c(=O)[nH]c(=O)c2c1nc(CNc1ccccc1Oc1ccccc1Cl)n2CC. The zero-order valence-corrected chi connectivity index (χ0v) is 19.4. The van der Waals surface area contributed by atoms with E-state index >= 15 is 0 Å². The van der Waals surface area contributed by atoms with Gasteiger partial charge in [0.25, 0.3) is 5.56 Å². The molecule has 0 aliphatic heterocycles. The summed E-state index contributed by atoms with van der Waals surface area (Å²) in [7, 11) is 0. The Labute approximate surface area is 195 Å². The van der Waals surface area contributed by atoms with Gasteiger partial charge in [0.2, 0.25) is 0 Å². The highest BCUT2D eigenvalue weighted by Crippen LogP contribution is 2.33. The highest BCUT2D eigenvalue weighted by molar-refractivity contribution is 6.32. The molecule has 33 heavy (non-hydrogen) atoms. The number of anilines is 1. The van der Waals surface area contributed by atoms with Gasteiger partial charge in [-0.2, -0.15) is 0 Å². The van der Waals surface area contributed by atoms with Crippen LogP contribution in [0.1, 0.15) is 32.5 Å². The van der Waals surface area contributed by atoms with Gasteiger partial charge in [-0.05, 0) is 37.6 Å². The zero-order chi connectivity index (χ0) is 23.4. The number of H-pyrrole nitrogens is 1. The van der Waals surface area contributed by atoms with Crippen molar-refractivity contribution in [1.29, 1.82) is 0 Å². The Morgan fingerprint density at radius 1 is 1.03 bits per heavy atom. The van der Waals surface area contributed by atoms with Crippen LogP contribution in [0.15, 0.2) is 58.1 Å². The number of aryl methyl sites for hydroxylation is 2. The number of halogens is 1. The molecule has 0 saturated heterocycles. The van der Waals surface area contributed by atoms with Crippen LogP contribution in [0, 0.1) is 0 Å². The van der Waals surface area contributed by atoms with Crippen molar-refractivity contribution in [2.75, 3.05) is 5.32 Å². The van der Waals surface area contributed by atoms with E-state index in [1.165, 1.54) is 0 Å². The van der Waals surface area contributed by atoms with Crippen molar-refractivity contribution >= 4 is 28.5 Å². The number of ether oxygens (including phenoxy) is 1. The smallest absolute Gasteiger partial charge is 0.330 e. The van der Waals surface area contributed by atoms with Gasteiger partial charge >= 0.3 is 5.69 Å². The number of imidazole rings is 1. The Hall–Kier alpha value is -3.52.